The Hall–Kier alpha value is -2.97. The Kier molecular flexibility index (Phi) is 9.63. The number of sulfonamides is 1. The van der Waals surface area contributed by atoms with E-state index in [2.05, 4.69) is 36.5 Å². The van der Waals surface area contributed by atoms with Crippen LogP contribution in [0.3, 0.4) is 0 Å². The van der Waals surface area contributed by atoms with Gasteiger partial charge in [0.15, 0.2) is 0 Å². The molecule has 3 aromatic carbocycles. The van der Waals surface area contributed by atoms with Gasteiger partial charge in [0.2, 0.25) is 5.91 Å². The number of nitrogens with one attached hydrogen (secondary N) is 1. The minimum atomic E-state index is -3.93. The van der Waals surface area contributed by atoms with Gasteiger partial charge in [-0.15, -0.1) is 0 Å². The van der Waals surface area contributed by atoms with E-state index >= 15 is 0 Å². The molecule has 0 aliphatic heterocycles. The Bertz CT molecular complexity index is 1190. The molecule has 0 saturated heterocycles. The Balaban J connectivity index is 1.59. The maximum atomic E-state index is 13.4. The summed E-state index contributed by atoms with van der Waals surface area (Å²) >= 11 is 1.81. The van der Waals surface area contributed by atoms with Crippen LogP contribution in [0.5, 0.6) is 5.75 Å². The quantitative estimate of drug-likeness (QED) is 0.348. The number of hydrogen-bond acceptors (Lipinski definition) is 5. The topological polar surface area (TPSA) is 75.7 Å². The van der Waals surface area contributed by atoms with Crippen LogP contribution in [0.4, 0.5) is 5.69 Å². The van der Waals surface area contributed by atoms with Gasteiger partial charge in [0.25, 0.3) is 10.0 Å². The lowest BCUT2D eigenvalue weighted by Gasteiger charge is -2.24. The van der Waals surface area contributed by atoms with E-state index in [4.69, 9.17) is 4.74 Å². The van der Waals surface area contributed by atoms with Crippen LogP contribution in [-0.2, 0) is 20.6 Å². The van der Waals surface area contributed by atoms with Crippen molar-refractivity contribution in [2.24, 2.45) is 0 Å². The maximum Gasteiger partial charge on any atom is 0.264 e. The molecule has 0 saturated carbocycles. The van der Waals surface area contributed by atoms with Crippen molar-refractivity contribution in [1.82, 2.24) is 5.32 Å². The highest BCUT2D eigenvalue weighted by Gasteiger charge is 2.27. The van der Waals surface area contributed by atoms with Crippen LogP contribution in [0.2, 0.25) is 0 Å². The molecule has 0 aliphatic carbocycles. The van der Waals surface area contributed by atoms with Gasteiger partial charge in [-0.05, 0) is 68.0 Å². The molecule has 0 unspecified atom stereocenters. The zero-order valence-corrected chi connectivity index (χ0v) is 22.0. The molecule has 3 rings (SSSR count). The van der Waals surface area contributed by atoms with Crippen LogP contribution < -0.4 is 14.4 Å². The predicted molar refractivity (Wildman–Crippen MR) is 144 cm³/mol. The van der Waals surface area contributed by atoms with Gasteiger partial charge < -0.3 is 10.1 Å². The molecule has 0 heterocycles. The van der Waals surface area contributed by atoms with E-state index in [1.807, 2.05) is 18.7 Å². The molecule has 186 valence electrons. The molecule has 6 nitrogen and oxygen atoms in total. The van der Waals surface area contributed by atoms with Crippen molar-refractivity contribution >= 4 is 33.4 Å². The van der Waals surface area contributed by atoms with Crippen LogP contribution in [0.25, 0.3) is 0 Å². The van der Waals surface area contributed by atoms with E-state index in [0.717, 1.165) is 27.8 Å². The number of carbonyl (C=O) groups excluding carboxylic acids is 1. The van der Waals surface area contributed by atoms with Crippen molar-refractivity contribution in [1.29, 1.82) is 0 Å². The minimum Gasteiger partial charge on any atom is -0.497 e. The number of thioether (sulfide) groups is 1. The van der Waals surface area contributed by atoms with Crippen molar-refractivity contribution in [3.8, 4) is 5.75 Å². The van der Waals surface area contributed by atoms with Gasteiger partial charge in [0.05, 0.1) is 17.7 Å². The summed E-state index contributed by atoms with van der Waals surface area (Å²) in [5.41, 5.74) is 3.88. The molecule has 0 bridgehead atoms. The molecular weight excluding hydrogens is 480 g/mol. The highest BCUT2D eigenvalue weighted by molar-refractivity contribution is 7.98. The van der Waals surface area contributed by atoms with Crippen LogP contribution in [0, 0.1) is 13.8 Å². The largest absolute Gasteiger partial charge is 0.497 e. The number of methoxy groups -OCH3 is 1. The number of carbonyl (C=O) groups is 1. The number of rotatable bonds is 12. The summed E-state index contributed by atoms with van der Waals surface area (Å²) in [6, 6.07) is 21.7. The lowest BCUT2D eigenvalue weighted by Crippen LogP contribution is -2.41. The number of benzene rings is 3. The molecule has 0 radical (unpaired) electrons. The fraction of sp³-hybridized carbons (Fsp3) is 0.296. The monoisotopic (exact) mass is 512 g/mol. The molecule has 0 aliphatic rings. The minimum absolute atomic E-state index is 0.138. The molecule has 35 heavy (non-hydrogen) atoms. The summed E-state index contributed by atoms with van der Waals surface area (Å²) < 4.78 is 33.2. The maximum absolute atomic E-state index is 13.4. The molecule has 1 amide bonds. The average Bonchev–Trinajstić information content (AvgIpc) is 2.86. The first-order chi connectivity index (χ1) is 16.8. The van der Waals surface area contributed by atoms with Gasteiger partial charge >= 0.3 is 0 Å². The van der Waals surface area contributed by atoms with Crippen LogP contribution in [0.15, 0.2) is 77.7 Å². The number of hydrogen-bond donors (Lipinski definition) is 1. The number of anilines is 1. The summed E-state index contributed by atoms with van der Waals surface area (Å²) in [6.07, 6.45) is 0.801. The SMILES string of the molecule is COc1ccc(N(CC(=O)NCCCSCc2ccc(C)cc2)S(=O)(=O)c2ccc(C)cc2)cc1. The highest BCUT2D eigenvalue weighted by Crippen LogP contribution is 2.26. The van der Waals surface area contributed by atoms with Crippen LogP contribution >= 0.6 is 11.8 Å². The van der Waals surface area contributed by atoms with Gasteiger partial charge in [0.1, 0.15) is 12.3 Å². The average molecular weight is 513 g/mol. The number of ether oxygens (including phenoxy) is 1. The Morgan fingerprint density at radius 1 is 0.914 bits per heavy atom. The van der Waals surface area contributed by atoms with E-state index in [1.54, 1.807) is 55.6 Å². The van der Waals surface area contributed by atoms with Crippen molar-refractivity contribution in [2.75, 3.05) is 30.3 Å². The first-order valence-corrected chi connectivity index (χ1v) is 14.0. The first-order valence-electron chi connectivity index (χ1n) is 11.4. The van der Waals surface area contributed by atoms with Crippen molar-refractivity contribution in [2.45, 2.75) is 30.9 Å². The molecular formula is C27H32N2O4S2. The number of aryl methyl sites for hydroxylation is 2. The zero-order valence-electron chi connectivity index (χ0n) is 20.4. The van der Waals surface area contributed by atoms with Gasteiger partial charge in [0, 0.05) is 12.3 Å². The second-order valence-electron chi connectivity index (χ2n) is 8.26. The summed E-state index contributed by atoms with van der Waals surface area (Å²) in [7, 11) is -2.39. The van der Waals surface area contributed by atoms with Crippen LogP contribution in [0.1, 0.15) is 23.1 Å². The van der Waals surface area contributed by atoms with Gasteiger partial charge in [-0.3, -0.25) is 9.10 Å². The van der Waals surface area contributed by atoms with Gasteiger partial charge in [-0.25, -0.2) is 8.42 Å². The first kappa shape index (κ1) is 26.6. The van der Waals surface area contributed by atoms with E-state index in [-0.39, 0.29) is 17.3 Å². The van der Waals surface area contributed by atoms with Gasteiger partial charge in [-0.1, -0.05) is 47.5 Å². The lowest BCUT2D eigenvalue weighted by atomic mass is 10.2. The molecule has 1 N–H and O–H groups in total. The Morgan fingerprint density at radius 2 is 1.51 bits per heavy atom. The van der Waals surface area contributed by atoms with E-state index in [0.29, 0.717) is 18.0 Å². The van der Waals surface area contributed by atoms with Gasteiger partial charge in [-0.2, -0.15) is 11.8 Å². The second kappa shape index (κ2) is 12.7. The van der Waals surface area contributed by atoms with E-state index in [1.165, 1.54) is 11.1 Å². The third-order valence-electron chi connectivity index (χ3n) is 5.43. The third-order valence-corrected chi connectivity index (χ3v) is 8.34. The van der Waals surface area contributed by atoms with E-state index in [9.17, 15) is 13.2 Å². The zero-order chi connectivity index (χ0) is 25.3. The molecule has 3 aromatic rings. The predicted octanol–water partition coefficient (Wildman–Crippen LogP) is 4.95. The summed E-state index contributed by atoms with van der Waals surface area (Å²) in [4.78, 5) is 12.9. The van der Waals surface area contributed by atoms with Crippen molar-refractivity contribution in [3.63, 3.8) is 0 Å². The molecule has 0 fully saturated rings. The summed E-state index contributed by atoms with van der Waals surface area (Å²) in [6.45, 7) is 4.14. The smallest absolute Gasteiger partial charge is 0.264 e. The van der Waals surface area contributed by atoms with Crippen molar-refractivity contribution < 1.29 is 17.9 Å². The second-order valence-corrected chi connectivity index (χ2v) is 11.2. The highest BCUT2D eigenvalue weighted by atomic mass is 32.2. The standard InChI is InChI=1S/C27H32N2O4S2/c1-21-5-9-23(10-6-21)20-34-18-4-17-28-27(30)19-29(24-11-13-25(33-3)14-12-24)35(31,32)26-15-7-22(2)8-16-26/h5-16H,4,17-20H2,1-3H3,(H,28,30). The number of amides is 1. The fourth-order valence-corrected chi connectivity index (χ4v) is 5.71. The van der Waals surface area contributed by atoms with E-state index < -0.39 is 10.0 Å². The molecule has 0 spiro atoms. The fourth-order valence-electron chi connectivity index (χ4n) is 3.36. The third kappa shape index (κ3) is 7.77. The molecule has 8 heteroatoms. The molecule has 0 aromatic heterocycles. The lowest BCUT2D eigenvalue weighted by molar-refractivity contribution is -0.119. The normalized spacial score (nSPS) is 11.2. The Morgan fingerprint density at radius 3 is 2.11 bits per heavy atom. The molecule has 0 atom stereocenters. The number of nitrogens with zero attached hydrogens (tertiary/aromatic N) is 1. The summed E-state index contributed by atoms with van der Waals surface area (Å²) in [5, 5.41) is 2.86. The Labute approximate surface area is 212 Å². The summed E-state index contributed by atoms with van der Waals surface area (Å²) in [5.74, 6) is 2.08. The van der Waals surface area contributed by atoms with Crippen molar-refractivity contribution in [3.05, 3.63) is 89.5 Å². The van der Waals surface area contributed by atoms with Crippen LogP contribution in [-0.4, -0.2) is 40.3 Å².